The average molecular weight is 425 g/mol. The van der Waals surface area contributed by atoms with E-state index in [0.717, 1.165) is 27.3 Å². The van der Waals surface area contributed by atoms with Gasteiger partial charge in [0.2, 0.25) is 5.89 Å². The van der Waals surface area contributed by atoms with Crippen LogP contribution in [-0.4, -0.2) is 39.7 Å². The highest BCUT2D eigenvalue weighted by atomic mass is 32.2. The molecule has 0 spiro atoms. The minimum atomic E-state index is -2.87. The third-order valence-corrected chi connectivity index (χ3v) is 8.41. The smallest absolute Gasteiger partial charge is 0.236 e. The molecule has 0 aliphatic carbocycles. The molecule has 0 N–H and O–H groups in total. The number of nitrogens with zero attached hydrogens (tertiary/aromatic N) is 4. The van der Waals surface area contributed by atoms with Crippen LogP contribution in [0, 0.1) is 12.8 Å². The topological polar surface area (TPSA) is 90.9 Å². The van der Waals surface area contributed by atoms with Crippen molar-refractivity contribution in [2.45, 2.75) is 30.7 Å². The molecule has 1 unspecified atom stereocenters. The maximum Gasteiger partial charge on any atom is 0.236 e. The molecule has 0 radical (unpaired) electrons. The zero-order valence-electron chi connectivity index (χ0n) is 15.1. The summed E-state index contributed by atoms with van der Waals surface area (Å²) in [6, 6.07) is 3.97. The van der Waals surface area contributed by atoms with Crippen LogP contribution in [0.1, 0.15) is 23.7 Å². The van der Waals surface area contributed by atoms with Crippen molar-refractivity contribution < 1.29 is 12.8 Å². The fraction of sp³-hybridized carbons (Fsp3) is 0.471. The lowest BCUT2D eigenvalue weighted by molar-refractivity contribution is 0.542. The van der Waals surface area contributed by atoms with Gasteiger partial charge in [-0.2, -0.15) is 0 Å². The molecule has 1 saturated heterocycles. The predicted molar refractivity (Wildman–Crippen MR) is 106 cm³/mol. The summed E-state index contributed by atoms with van der Waals surface area (Å²) in [7, 11) is -0.945. The molecule has 10 heteroatoms. The number of thioether (sulfide) groups is 1. The van der Waals surface area contributed by atoms with Gasteiger partial charge in [-0.25, -0.2) is 13.4 Å². The van der Waals surface area contributed by atoms with E-state index in [1.807, 2.05) is 36.1 Å². The monoisotopic (exact) mass is 424 g/mol. The first-order valence-electron chi connectivity index (χ1n) is 8.63. The number of aryl methyl sites for hydroxylation is 1. The fourth-order valence-corrected chi connectivity index (χ4v) is 6.58. The summed E-state index contributed by atoms with van der Waals surface area (Å²) in [5.74, 6) is 3.62. The van der Waals surface area contributed by atoms with Crippen LogP contribution in [0.5, 0.6) is 0 Å². The van der Waals surface area contributed by atoms with Crippen molar-refractivity contribution in [3.63, 3.8) is 0 Å². The number of oxazole rings is 1. The Kier molecular flexibility index (Phi) is 5.13. The van der Waals surface area contributed by atoms with Crippen LogP contribution >= 0.6 is 23.1 Å². The number of rotatable bonds is 6. The molecule has 3 aromatic heterocycles. The van der Waals surface area contributed by atoms with E-state index in [-0.39, 0.29) is 17.4 Å². The first kappa shape index (κ1) is 18.7. The van der Waals surface area contributed by atoms with Gasteiger partial charge in [0.25, 0.3) is 0 Å². The molecule has 1 fully saturated rings. The molecule has 7 nitrogen and oxygen atoms in total. The van der Waals surface area contributed by atoms with Gasteiger partial charge in [0.05, 0.1) is 22.1 Å². The van der Waals surface area contributed by atoms with Crippen molar-refractivity contribution in [2.75, 3.05) is 11.5 Å². The second-order valence-electron chi connectivity index (χ2n) is 6.72. The van der Waals surface area contributed by atoms with Crippen LogP contribution in [0.2, 0.25) is 0 Å². The Bertz CT molecular complexity index is 1040. The molecule has 27 heavy (non-hydrogen) atoms. The average Bonchev–Trinajstić information content (AvgIpc) is 3.37. The van der Waals surface area contributed by atoms with Crippen molar-refractivity contribution in [1.29, 1.82) is 0 Å². The zero-order valence-corrected chi connectivity index (χ0v) is 17.5. The summed E-state index contributed by atoms with van der Waals surface area (Å²) < 4.78 is 31.0. The largest absolute Gasteiger partial charge is 0.440 e. The van der Waals surface area contributed by atoms with E-state index in [1.165, 1.54) is 0 Å². The molecule has 0 amide bonds. The van der Waals surface area contributed by atoms with Crippen molar-refractivity contribution in [1.82, 2.24) is 19.7 Å². The number of aromatic nitrogens is 4. The molecule has 3 aromatic rings. The van der Waals surface area contributed by atoms with Gasteiger partial charge in [-0.05, 0) is 30.7 Å². The van der Waals surface area contributed by atoms with Crippen LogP contribution < -0.4 is 0 Å². The van der Waals surface area contributed by atoms with E-state index in [0.29, 0.717) is 24.5 Å². The lowest BCUT2D eigenvalue weighted by atomic mass is 10.1. The molecule has 1 atom stereocenters. The molecule has 4 heterocycles. The maximum atomic E-state index is 11.6. The van der Waals surface area contributed by atoms with Crippen LogP contribution in [0.25, 0.3) is 10.8 Å². The van der Waals surface area contributed by atoms with Crippen molar-refractivity contribution in [3.05, 3.63) is 34.8 Å². The first-order valence-corrected chi connectivity index (χ1v) is 12.3. The Balaban J connectivity index is 1.42. The van der Waals surface area contributed by atoms with E-state index in [1.54, 1.807) is 23.1 Å². The van der Waals surface area contributed by atoms with E-state index in [4.69, 9.17) is 4.42 Å². The van der Waals surface area contributed by atoms with E-state index >= 15 is 0 Å². The molecule has 1 aliphatic rings. The minimum absolute atomic E-state index is 0.141. The van der Waals surface area contributed by atoms with Crippen LogP contribution in [0.3, 0.4) is 0 Å². The van der Waals surface area contributed by atoms with Gasteiger partial charge >= 0.3 is 0 Å². The zero-order chi connectivity index (χ0) is 19.0. The van der Waals surface area contributed by atoms with Crippen LogP contribution in [0.15, 0.2) is 27.1 Å². The molecule has 0 aromatic carbocycles. The van der Waals surface area contributed by atoms with Crippen LogP contribution in [-0.2, 0) is 29.1 Å². The predicted octanol–water partition coefficient (Wildman–Crippen LogP) is 3.11. The Morgan fingerprint density at radius 2 is 2.26 bits per heavy atom. The summed E-state index contributed by atoms with van der Waals surface area (Å²) in [5, 5.41) is 11.3. The van der Waals surface area contributed by atoms with Gasteiger partial charge in [-0.15, -0.1) is 21.5 Å². The van der Waals surface area contributed by atoms with Gasteiger partial charge in [-0.1, -0.05) is 17.8 Å². The number of hydrogen-bond donors (Lipinski definition) is 0. The molecular formula is C17H20N4O3S3. The minimum Gasteiger partial charge on any atom is -0.440 e. The van der Waals surface area contributed by atoms with E-state index < -0.39 is 9.84 Å². The Morgan fingerprint density at radius 3 is 2.96 bits per heavy atom. The Hall–Kier alpha value is -1.65. The quantitative estimate of drug-likeness (QED) is 0.562. The second-order valence-corrected chi connectivity index (χ2v) is 10.8. The highest BCUT2D eigenvalue weighted by molar-refractivity contribution is 7.98. The normalized spacial score (nSPS) is 19.0. The third-order valence-electron chi connectivity index (χ3n) is 4.69. The first-order chi connectivity index (χ1) is 12.9. The Labute approximate surface area is 166 Å². The molecule has 4 rings (SSSR count). The van der Waals surface area contributed by atoms with E-state index in [2.05, 4.69) is 15.2 Å². The number of sulfone groups is 1. The highest BCUT2D eigenvalue weighted by Gasteiger charge is 2.29. The lowest BCUT2D eigenvalue weighted by Gasteiger charge is -2.07. The van der Waals surface area contributed by atoms with Crippen molar-refractivity contribution >= 4 is 32.9 Å². The van der Waals surface area contributed by atoms with Gasteiger partial charge in [0, 0.05) is 19.2 Å². The molecule has 0 saturated carbocycles. The van der Waals surface area contributed by atoms with Gasteiger partial charge < -0.3 is 8.98 Å². The van der Waals surface area contributed by atoms with Gasteiger partial charge in [0.15, 0.2) is 15.0 Å². The van der Waals surface area contributed by atoms with Gasteiger partial charge in [0.1, 0.15) is 11.6 Å². The summed E-state index contributed by atoms with van der Waals surface area (Å²) in [5.41, 5.74) is 0.898. The van der Waals surface area contributed by atoms with Crippen molar-refractivity contribution in [3.8, 4) is 10.8 Å². The number of hydrogen-bond acceptors (Lipinski definition) is 8. The SMILES string of the molecule is Cc1oc(-c2cccs2)nc1CSc1nnc(CC2CCS(=O)(=O)C2)n1C. The standard InChI is InChI=1S/C17H20N4O3S3/c1-11-13(18-16(24-11)14-4-3-6-25-14)9-26-17-20-19-15(21(17)2)8-12-5-7-27(22,23)10-12/h3-4,6,12H,5,7-10H2,1-2H3. The molecule has 144 valence electrons. The molecule has 1 aliphatic heterocycles. The third kappa shape index (κ3) is 4.12. The van der Waals surface area contributed by atoms with Crippen LogP contribution in [0.4, 0.5) is 0 Å². The maximum absolute atomic E-state index is 11.6. The number of thiophene rings is 1. The lowest BCUT2D eigenvalue weighted by Crippen LogP contribution is -2.11. The summed E-state index contributed by atoms with van der Waals surface area (Å²) in [6.45, 7) is 1.92. The van der Waals surface area contributed by atoms with Gasteiger partial charge in [-0.3, -0.25) is 0 Å². The van der Waals surface area contributed by atoms with E-state index in [9.17, 15) is 8.42 Å². The molecule has 0 bridgehead atoms. The second kappa shape index (κ2) is 7.40. The highest BCUT2D eigenvalue weighted by Crippen LogP contribution is 2.29. The summed E-state index contributed by atoms with van der Waals surface area (Å²) in [4.78, 5) is 5.62. The summed E-state index contributed by atoms with van der Waals surface area (Å²) in [6.07, 6.45) is 1.36. The fourth-order valence-electron chi connectivity index (χ4n) is 3.14. The van der Waals surface area contributed by atoms with Crippen molar-refractivity contribution in [2.24, 2.45) is 13.0 Å². The Morgan fingerprint density at radius 1 is 1.41 bits per heavy atom. The molecular weight excluding hydrogens is 404 g/mol. The summed E-state index contributed by atoms with van der Waals surface area (Å²) >= 11 is 3.16.